The SMILES string of the molecule is COc1ccccc1C[NH+]1CCN(c2cc(C)ccc2C)CC1. The lowest BCUT2D eigenvalue weighted by molar-refractivity contribution is -0.914. The van der Waals surface area contributed by atoms with Crippen molar-refractivity contribution in [2.45, 2.75) is 20.4 Å². The molecule has 0 bridgehead atoms. The molecule has 0 spiro atoms. The summed E-state index contributed by atoms with van der Waals surface area (Å²) >= 11 is 0. The third-order valence-electron chi connectivity index (χ3n) is 4.81. The molecule has 1 heterocycles. The van der Waals surface area contributed by atoms with Crippen molar-refractivity contribution < 1.29 is 9.64 Å². The Bertz CT molecular complexity index is 660. The number of aryl methyl sites for hydroxylation is 2. The molecule has 0 unspecified atom stereocenters. The van der Waals surface area contributed by atoms with Crippen molar-refractivity contribution in [2.24, 2.45) is 0 Å². The molecule has 1 aliphatic rings. The first-order valence-corrected chi connectivity index (χ1v) is 8.45. The average molecular weight is 311 g/mol. The van der Waals surface area contributed by atoms with E-state index in [0.29, 0.717) is 0 Å². The van der Waals surface area contributed by atoms with Gasteiger partial charge in [-0.15, -0.1) is 0 Å². The van der Waals surface area contributed by atoms with Crippen molar-refractivity contribution in [2.75, 3.05) is 38.2 Å². The van der Waals surface area contributed by atoms with Crippen LogP contribution in [-0.2, 0) is 6.54 Å². The van der Waals surface area contributed by atoms with Crippen LogP contribution < -0.4 is 14.5 Å². The Kier molecular flexibility index (Phi) is 4.87. The Morgan fingerprint density at radius 3 is 2.52 bits per heavy atom. The lowest BCUT2D eigenvalue weighted by Gasteiger charge is -2.34. The number of hydrogen-bond acceptors (Lipinski definition) is 2. The number of ether oxygens (including phenoxy) is 1. The van der Waals surface area contributed by atoms with Crippen LogP contribution in [0.25, 0.3) is 0 Å². The molecule has 0 saturated carbocycles. The second-order valence-electron chi connectivity index (χ2n) is 6.52. The molecule has 1 N–H and O–H groups in total. The maximum Gasteiger partial charge on any atom is 0.127 e. The number of methoxy groups -OCH3 is 1. The summed E-state index contributed by atoms with van der Waals surface area (Å²) in [4.78, 5) is 4.17. The quantitative estimate of drug-likeness (QED) is 0.932. The van der Waals surface area contributed by atoms with Gasteiger partial charge in [-0.25, -0.2) is 0 Å². The topological polar surface area (TPSA) is 16.9 Å². The van der Waals surface area contributed by atoms with Crippen LogP contribution in [0.3, 0.4) is 0 Å². The number of nitrogens with zero attached hydrogens (tertiary/aromatic N) is 1. The maximum absolute atomic E-state index is 5.48. The average Bonchev–Trinajstić information content (AvgIpc) is 2.58. The highest BCUT2D eigenvalue weighted by molar-refractivity contribution is 5.55. The molecule has 2 aromatic carbocycles. The molecular formula is C20H27N2O+. The zero-order valence-electron chi connectivity index (χ0n) is 14.4. The maximum atomic E-state index is 5.48. The Balaban J connectivity index is 1.63. The highest BCUT2D eigenvalue weighted by Crippen LogP contribution is 2.21. The minimum Gasteiger partial charge on any atom is -0.496 e. The first-order valence-electron chi connectivity index (χ1n) is 8.45. The highest BCUT2D eigenvalue weighted by atomic mass is 16.5. The van der Waals surface area contributed by atoms with Gasteiger partial charge in [0, 0.05) is 11.3 Å². The van der Waals surface area contributed by atoms with Crippen molar-refractivity contribution in [1.82, 2.24) is 0 Å². The van der Waals surface area contributed by atoms with Crippen LogP contribution in [-0.4, -0.2) is 33.3 Å². The van der Waals surface area contributed by atoms with Gasteiger partial charge >= 0.3 is 0 Å². The minimum atomic E-state index is 1.01. The van der Waals surface area contributed by atoms with Gasteiger partial charge in [0.05, 0.1) is 33.3 Å². The predicted octanol–water partition coefficient (Wildman–Crippen LogP) is 2.22. The molecule has 1 aliphatic heterocycles. The number of piperazine rings is 1. The molecule has 1 saturated heterocycles. The van der Waals surface area contributed by atoms with E-state index in [1.54, 1.807) is 12.0 Å². The van der Waals surface area contributed by atoms with Gasteiger partial charge < -0.3 is 14.5 Å². The summed E-state index contributed by atoms with van der Waals surface area (Å²) in [6.07, 6.45) is 0. The number of para-hydroxylation sites is 1. The largest absolute Gasteiger partial charge is 0.496 e. The van der Waals surface area contributed by atoms with E-state index in [1.165, 1.54) is 35.5 Å². The summed E-state index contributed by atoms with van der Waals surface area (Å²) in [5, 5.41) is 0. The minimum absolute atomic E-state index is 1.01. The van der Waals surface area contributed by atoms with Gasteiger partial charge in [-0.05, 0) is 43.2 Å². The molecular weight excluding hydrogens is 284 g/mol. The van der Waals surface area contributed by atoms with Crippen LogP contribution in [0.15, 0.2) is 42.5 Å². The van der Waals surface area contributed by atoms with Gasteiger partial charge in [-0.1, -0.05) is 24.3 Å². The first kappa shape index (κ1) is 15.9. The molecule has 0 radical (unpaired) electrons. The van der Waals surface area contributed by atoms with E-state index in [1.807, 2.05) is 6.07 Å². The fourth-order valence-corrected chi connectivity index (χ4v) is 3.42. The number of benzene rings is 2. The van der Waals surface area contributed by atoms with Gasteiger partial charge in [-0.2, -0.15) is 0 Å². The van der Waals surface area contributed by atoms with Gasteiger partial charge in [0.25, 0.3) is 0 Å². The van der Waals surface area contributed by atoms with Gasteiger partial charge in [0.15, 0.2) is 0 Å². The smallest absolute Gasteiger partial charge is 0.127 e. The van der Waals surface area contributed by atoms with Crippen molar-refractivity contribution >= 4 is 5.69 Å². The zero-order chi connectivity index (χ0) is 16.2. The fraction of sp³-hybridized carbons (Fsp3) is 0.400. The normalized spacial score (nSPS) is 15.7. The van der Waals surface area contributed by atoms with Gasteiger partial charge in [0.2, 0.25) is 0 Å². The molecule has 23 heavy (non-hydrogen) atoms. The molecule has 3 rings (SSSR count). The van der Waals surface area contributed by atoms with E-state index < -0.39 is 0 Å². The van der Waals surface area contributed by atoms with E-state index >= 15 is 0 Å². The van der Waals surface area contributed by atoms with E-state index in [0.717, 1.165) is 25.4 Å². The van der Waals surface area contributed by atoms with Crippen LogP contribution >= 0.6 is 0 Å². The molecule has 0 aliphatic carbocycles. The number of anilines is 1. The monoisotopic (exact) mass is 311 g/mol. The van der Waals surface area contributed by atoms with E-state index in [2.05, 4.69) is 55.1 Å². The first-order chi connectivity index (χ1) is 11.2. The van der Waals surface area contributed by atoms with Crippen molar-refractivity contribution in [3.63, 3.8) is 0 Å². The zero-order valence-corrected chi connectivity index (χ0v) is 14.4. The van der Waals surface area contributed by atoms with E-state index in [-0.39, 0.29) is 0 Å². The predicted molar refractivity (Wildman–Crippen MR) is 95.5 cm³/mol. The number of quaternary nitrogens is 1. The molecule has 122 valence electrons. The third-order valence-corrected chi connectivity index (χ3v) is 4.81. The molecule has 0 amide bonds. The summed E-state index contributed by atoms with van der Waals surface area (Å²) in [6.45, 7) is 10.0. The summed E-state index contributed by atoms with van der Waals surface area (Å²) in [6, 6.07) is 15.1. The van der Waals surface area contributed by atoms with Crippen LogP contribution in [0.1, 0.15) is 16.7 Å². The summed E-state index contributed by atoms with van der Waals surface area (Å²) in [7, 11) is 1.76. The Morgan fingerprint density at radius 2 is 1.78 bits per heavy atom. The van der Waals surface area contributed by atoms with Crippen LogP contribution in [0.2, 0.25) is 0 Å². The second kappa shape index (κ2) is 7.05. The fourth-order valence-electron chi connectivity index (χ4n) is 3.42. The third kappa shape index (κ3) is 3.67. The molecule has 1 fully saturated rings. The molecule has 0 aromatic heterocycles. The lowest BCUT2D eigenvalue weighted by Crippen LogP contribution is -3.13. The van der Waals surface area contributed by atoms with Crippen LogP contribution in [0.4, 0.5) is 5.69 Å². The van der Waals surface area contributed by atoms with Gasteiger partial charge in [-0.3, -0.25) is 0 Å². The molecule has 0 atom stereocenters. The molecule has 3 nitrogen and oxygen atoms in total. The molecule has 3 heteroatoms. The Labute approximate surface area is 139 Å². The highest BCUT2D eigenvalue weighted by Gasteiger charge is 2.22. The summed E-state index contributed by atoms with van der Waals surface area (Å²) in [5.74, 6) is 1.01. The number of rotatable bonds is 4. The molecule has 2 aromatic rings. The van der Waals surface area contributed by atoms with Crippen molar-refractivity contribution in [3.8, 4) is 5.75 Å². The Hall–Kier alpha value is -2.00. The van der Waals surface area contributed by atoms with Crippen molar-refractivity contribution in [3.05, 3.63) is 59.2 Å². The van der Waals surface area contributed by atoms with E-state index in [4.69, 9.17) is 4.74 Å². The Morgan fingerprint density at radius 1 is 1.04 bits per heavy atom. The van der Waals surface area contributed by atoms with Crippen molar-refractivity contribution in [1.29, 1.82) is 0 Å². The number of hydrogen-bond donors (Lipinski definition) is 1. The van der Waals surface area contributed by atoms with Crippen LogP contribution in [0, 0.1) is 13.8 Å². The van der Waals surface area contributed by atoms with E-state index in [9.17, 15) is 0 Å². The lowest BCUT2D eigenvalue weighted by atomic mass is 10.1. The van der Waals surface area contributed by atoms with Crippen LogP contribution in [0.5, 0.6) is 5.75 Å². The standard InChI is InChI=1S/C20H26N2O/c1-16-8-9-17(2)19(14-16)22-12-10-21(11-13-22)15-18-6-4-5-7-20(18)23-3/h4-9,14H,10-13,15H2,1-3H3/p+1. The summed E-state index contributed by atoms with van der Waals surface area (Å²) < 4.78 is 5.48. The number of nitrogens with one attached hydrogen (secondary N) is 1. The summed E-state index contributed by atoms with van der Waals surface area (Å²) in [5.41, 5.74) is 5.43. The second-order valence-corrected chi connectivity index (χ2v) is 6.52. The van der Waals surface area contributed by atoms with Gasteiger partial charge in [0.1, 0.15) is 12.3 Å².